The maximum Gasteiger partial charge on any atom is 0.123 e. The minimum atomic E-state index is -0.197. The summed E-state index contributed by atoms with van der Waals surface area (Å²) in [5.41, 5.74) is 3.69. The molecule has 0 spiro atoms. The van der Waals surface area contributed by atoms with E-state index in [9.17, 15) is 4.39 Å². The number of allylic oxidation sites excluding steroid dienone is 2. The lowest BCUT2D eigenvalue weighted by atomic mass is 9.92. The quantitative estimate of drug-likeness (QED) is 0.824. The highest BCUT2D eigenvalue weighted by molar-refractivity contribution is 5.45. The van der Waals surface area contributed by atoms with Crippen molar-refractivity contribution in [1.29, 1.82) is 0 Å². The van der Waals surface area contributed by atoms with E-state index in [0.717, 1.165) is 18.7 Å². The largest absolute Gasteiger partial charge is 0.381 e. The van der Waals surface area contributed by atoms with Crippen LogP contribution in [0.2, 0.25) is 0 Å². The van der Waals surface area contributed by atoms with Gasteiger partial charge in [0.1, 0.15) is 5.82 Å². The zero-order valence-electron chi connectivity index (χ0n) is 10.3. The number of halogens is 1. The fourth-order valence-corrected chi connectivity index (χ4v) is 2.24. The van der Waals surface area contributed by atoms with Gasteiger partial charge in [-0.05, 0) is 49.1 Å². The second-order valence-electron chi connectivity index (χ2n) is 4.77. The average Bonchev–Trinajstić information content (AvgIpc) is 2.27. The Bertz CT molecular complexity index is 442. The summed E-state index contributed by atoms with van der Waals surface area (Å²) in [5, 5.41) is 3.30. The molecule has 0 fully saturated rings. The minimum Gasteiger partial charge on any atom is -0.381 e. The molecule has 2 heteroatoms. The molecule has 1 unspecified atom stereocenters. The Morgan fingerprint density at radius 2 is 2.00 bits per heavy atom. The molecule has 0 heterocycles. The van der Waals surface area contributed by atoms with Crippen LogP contribution in [-0.4, -0.2) is 6.54 Å². The summed E-state index contributed by atoms with van der Waals surface area (Å²) in [6, 6.07) is 6.47. The summed E-state index contributed by atoms with van der Waals surface area (Å²) in [7, 11) is 0. The molecule has 0 saturated carbocycles. The molecular formula is C15H18FN. The van der Waals surface area contributed by atoms with Crippen molar-refractivity contribution < 1.29 is 4.39 Å². The lowest BCUT2D eigenvalue weighted by Crippen LogP contribution is -2.08. The van der Waals surface area contributed by atoms with Gasteiger partial charge in [-0.15, -0.1) is 0 Å². The molecule has 17 heavy (non-hydrogen) atoms. The minimum absolute atomic E-state index is 0.197. The van der Waals surface area contributed by atoms with Gasteiger partial charge in [-0.3, -0.25) is 0 Å². The SMILES string of the molecule is CC1=CC(CNc2ccc(F)cc2)=CC(C)C1. The Morgan fingerprint density at radius 1 is 1.29 bits per heavy atom. The van der Waals surface area contributed by atoms with Crippen molar-refractivity contribution in [3.63, 3.8) is 0 Å². The normalized spacial score (nSPS) is 19.6. The molecule has 1 nitrogen and oxygen atoms in total. The van der Waals surface area contributed by atoms with Crippen molar-refractivity contribution in [2.75, 3.05) is 11.9 Å². The molecule has 1 aromatic rings. The van der Waals surface area contributed by atoms with Crippen LogP contribution in [0.1, 0.15) is 20.3 Å². The Hall–Kier alpha value is -1.57. The van der Waals surface area contributed by atoms with Crippen LogP contribution in [0, 0.1) is 11.7 Å². The van der Waals surface area contributed by atoms with Crippen LogP contribution in [0.3, 0.4) is 0 Å². The third-order valence-electron chi connectivity index (χ3n) is 2.92. The van der Waals surface area contributed by atoms with Gasteiger partial charge in [0.2, 0.25) is 0 Å². The van der Waals surface area contributed by atoms with Gasteiger partial charge in [0, 0.05) is 12.2 Å². The van der Waals surface area contributed by atoms with E-state index in [0.29, 0.717) is 5.92 Å². The van der Waals surface area contributed by atoms with Gasteiger partial charge in [0.15, 0.2) is 0 Å². The second kappa shape index (κ2) is 5.17. The van der Waals surface area contributed by atoms with Crippen molar-refractivity contribution in [2.24, 2.45) is 5.92 Å². The summed E-state index contributed by atoms with van der Waals surface area (Å²) >= 11 is 0. The molecule has 0 saturated heterocycles. The molecule has 0 bridgehead atoms. The van der Waals surface area contributed by atoms with Crippen molar-refractivity contribution >= 4 is 5.69 Å². The molecule has 1 aliphatic carbocycles. The number of nitrogens with one attached hydrogen (secondary N) is 1. The highest BCUT2D eigenvalue weighted by atomic mass is 19.1. The van der Waals surface area contributed by atoms with Crippen LogP contribution in [-0.2, 0) is 0 Å². The smallest absolute Gasteiger partial charge is 0.123 e. The van der Waals surface area contributed by atoms with Crippen LogP contribution in [0.25, 0.3) is 0 Å². The first kappa shape index (κ1) is 11.9. The first-order valence-electron chi connectivity index (χ1n) is 6.01. The molecule has 90 valence electrons. The van der Waals surface area contributed by atoms with Crippen LogP contribution in [0.15, 0.2) is 47.6 Å². The Balaban J connectivity index is 1.96. The molecular weight excluding hydrogens is 213 g/mol. The van der Waals surface area contributed by atoms with Crippen LogP contribution in [0.5, 0.6) is 0 Å². The molecule has 0 amide bonds. The number of hydrogen-bond acceptors (Lipinski definition) is 1. The maximum absolute atomic E-state index is 12.7. The standard InChI is InChI=1S/C15H18FN/c1-11-7-12(2)9-13(8-11)10-17-15-5-3-14(16)4-6-15/h3-6,8-9,11,17H,7,10H2,1-2H3. The van der Waals surface area contributed by atoms with Gasteiger partial charge in [-0.2, -0.15) is 0 Å². The van der Waals surface area contributed by atoms with Crippen molar-refractivity contribution in [1.82, 2.24) is 0 Å². The van der Waals surface area contributed by atoms with E-state index in [1.807, 2.05) is 0 Å². The van der Waals surface area contributed by atoms with Crippen molar-refractivity contribution in [2.45, 2.75) is 20.3 Å². The molecule has 1 N–H and O–H groups in total. The topological polar surface area (TPSA) is 12.0 Å². The Kier molecular flexibility index (Phi) is 3.62. The zero-order valence-corrected chi connectivity index (χ0v) is 10.3. The molecule has 0 radical (unpaired) electrons. The van der Waals surface area contributed by atoms with Crippen LogP contribution >= 0.6 is 0 Å². The van der Waals surface area contributed by atoms with Gasteiger partial charge < -0.3 is 5.32 Å². The molecule has 0 aromatic heterocycles. The van der Waals surface area contributed by atoms with E-state index in [-0.39, 0.29) is 5.82 Å². The number of benzene rings is 1. The van der Waals surface area contributed by atoms with E-state index >= 15 is 0 Å². The van der Waals surface area contributed by atoms with E-state index in [1.165, 1.54) is 23.3 Å². The average molecular weight is 231 g/mol. The van der Waals surface area contributed by atoms with Crippen molar-refractivity contribution in [3.8, 4) is 0 Å². The lowest BCUT2D eigenvalue weighted by Gasteiger charge is -2.17. The number of hydrogen-bond donors (Lipinski definition) is 1. The summed E-state index contributed by atoms with van der Waals surface area (Å²) in [6.45, 7) is 5.20. The van der Waals surface area contributed by atoms with E-state index in [1.54, 1.807) is 12.1 Å². The fourth-order valence-electron chi connectivity index (χ4n) is 2.24. The Labute approximate surface area is 102 Å². The molecule has 1 aliphatic rings. The maximum atomic E-state index is 12.7. The van der Waals surface area contributed by atoms with Crippen LogP contribution in [0.4, 0.5) is 10.1 Å². The fraction of sp³-hybridized carbons (Fsp3) is 0.333. The number of rotatable bonds is 3. The van der Waals surface area contributed by atoms with Gasteiger partial charge >= 0.3 is 0 Å². The second-order valence-corrected chi connectivity index (χ2v) is 4.77. The monoisotopic (exact) mass is 231 g/mol. The predicted molar refractivity (Wildman–Crippen MR) is 70.5 cm³/mol. The molecule has 2 rings (SSSR count). The summed E-state index contributed by atoms with van der Waals surface area (Å²) in [6.07, 6.45) is 5.68. The van der Waals surface area contributed by atoms with Crippen LogP contribution < -0.4 is 5.32 Å². The third kappa shape index (κ3) is 3.45. The highest BCUT2D eigenvalue weighted by Gasteiger charge is 2.08. The third-order valence-corrected chi connectivity index (χ3v) is 2.92. The summed E-state index contributed by atoms with van der Waals surface area (Å²) < 4.78 is 12.7. The van der Waals surface area contributed by atoms with Gasteiger partial charge in [0.25, 0.3) is 0 Å². The lowest BCUT2D eigenvalue weighted by molar-refractivity contribution is 0.628. The first-order valence-corrected chi connectivity index (χ1v) is 6.01. The summed E-state index contributed by atoms with van der Waals surface area (Å²) in [5.74, 6) is 0.418. The summed E-state index contributed by atoms with van der Waals surface area (Å²) in [4.78, 5) is 0. The first-order chi connectivity index (χ1) is 8.13. The highest BCUT2D eigenvalue weighted by Crippen LogP contribution is 2.22. The van der Waals surface area contributed by atoms with Gasteiger partial charge in [-0.25, -0.2) is 4.39 Å². The van der Waals surface area contributed by atoms with E-state index < -0.39 is 0 Å². The molecule has 1 aromatic carbocycles. The van der Waals surface area contributed by atoms with Gasteiger partial charge in [-0.1, -0.05) is 24.6 Å². The predicted octanol–water partition coefficient (Wildman–Crippen LogP) is 4.15. The van der Waals surface area contributed by atoms with E-state index in [4.69, 9.17) is 0 Å². The molecule has 0 aliphatic heterocycles. The number of anilines is 1. The Morgan fingerprint density at radius 3 is 2.65 bits per heavy atom. The zero-order chi connectivity index (χ0) is 12.3. The van der Waals surface area contributed by atoms with Gasteiger partial charge in [0.05, 0.1) is 0 Å². The molecule has 1 atom stereocenters. The van der Waals surface area contributed by atoms with E-state index in [2.05, 4.69) is 31.3 Å². The van der Waals surface area contributed by atoms with Crippen molar-refractivity contribution in [3.05, 3.63) is 53.4 Å².